The van der Waals surface area contributed by atoms with Crippen molar-refractivity contribution in [2.45, 2.75) is 25.9 Å². The third-order valence-electron chi connectivity index (χ3n) is 4.50. The lowest BCUT2D eigenvalue weighted by Crippen LogP contribution is -2.52. The molecule has 0 N–H and O–H groups in total. The minimum absolute atomic E-state index is 0.0386. The molecule has 3 rings (SSSR count). The van der Waals surface area contributed by atoms with Gasteiger partial charge >= 0.3 is 0 Å². The maximum Gasteiger partial charge on any atom is 0.257 e. The molecule has 0 aromatic heterocycles. The van der Waals surface area contributed by atoms with E-state index in [0.717, 1.165) is 12.8 Å². The molecule has 2 heterocycles. The summed E-state index contributed by atoms with van der Waals surface area (Å²) in [5.41, 5.74) is 0.582. The molecule has 1 aromatic rings. The van der Waals surface area contributed by atoms with Crippen LogP contribution in [-0.4, -0.2) is 67.1 Å². The number of hydrogen-bond donors (Lipinski definition) is 0. The summed E-state index contributed by atoms with van der Waals surface area (Å²) in [7, 11) is 0. The Morgan fingerprint density at radius 1 is 1.17 bits per heavy atom. The van der Waals surface area contributed by atoms with Crippen molar-refractivity contribution in [1.29, 1.82) is 0 Å². The first kappa shape index (κ1) is 16.8. The van der Waals surface area contributed by atoms with Gasteiger partial charge in [0.1, 0.15) is 11.9 Å². The first-order chi connectivity index (χ1) is 11.7. The lowest BCUT2D eigenvalue weighted by Gasteiger charge is -2.36. The molecular formula is C18H24N2O4. The van der Waals surface area contributed by atoms with Crippen molar-refractivity contribution in [3.05, 3.63) is 29.8 Å². The molecule has 2 aliphatic rings. The molecule has 0 bridgehead atoms. The topological polar surface area (TPSA) is 59.1 Å². The lowest BCUT2D eigenvalue weighted by molar-refractivity contribution is -0.142. The molecule has 2 aliphatic heterocycles. The van der Waals surface area contributed by atoms with Gasteiger partial charge in [0.25, 0.3) is 11.8 Å². The predicted octanol–water partition coefficient (Wildman–Crippen LogP) is 1.55. The van der Waals surface area contributed by atoms with Crippen molar-refractivity contribution in [2.24, 2.45) is 0 Å². The molecule has 1 atom stereocenters. The number of carbonyl (C=O) groups is 2. The van der Waals surface area contributed by atoms with Gasteiger partial charge in [-0.15, -0.1) is 0 Å². The molecule has 0 spiro atoms. The third kappa shape index (κ3) is 3.53. The highest BCUT2D eigenvalue weighted by atomic mass is 16.5. The van der Waals surface area contributed by atoms with Gasteiger partial charge in [-0.3, -0.25) is 9.59 Å². The van der Waals surface area contributed by atoms with Gasteiger partial charge in [-0.25, -0.2) is 0 Å². The Labute approximate surface area is 142 Å². The monoisotopic (exact) mass is 332 g/mol. The Morgan fingerprint density at radius 2 is 1.88 bits per heavy atom. The van der Waals surface area contributed by atoms with E-state index in [2.05, 4.69) is 0 Å². The zero-order valence-electron chi connectivity index (χ0n) is 14.1. The van der Waals surface area contributed by atoms with Gasteiger partial charge in [0, 0.05) is 32.8 Å². The maximum atomic E-state index is 12.7. The average Bonchev–Trinajstić information content (AvgIpc) is 3.16. The van der Waals surface area contributed by atoms with Gasteiger partial charge < -0.3 is 19.3 Å². The molecule has 6 nitrogen and oxygen atoms in total. The van der Waals surface area contributed by atoms with Crippen LogP contribution in [0.4, 0.5) is 0 Å². The molecule has 6 heteroatoms. The number of ether oxygens (including phenoxy) is 2. The first-order valence-electron chi connectivity index (χ1n) is 8.62. The Balaban J connectivity index is 1.60. The van der Waals surface area contributed by atoms with Crippen LogP contribution in [0.2, 0.25) is 0 Å². The third-order valence-corrected chi connectivity index (χ3v) is 4.50. The van der Waals surface area contributed by atoms with E-state index in [1.165, 1.54) is 0 Å². The van der Waals surface area contributed by atoms with E-state index in [-0.39, 0.29) is 17.9 Å². The summed E-state index contributed by atoms with van der Waals surface area (Å²) in [6.07, 6.45) is 1.47. The fourth-order valence-electron chi connectivity index (χ4n) is 3.20. The number of carbonyl (C=O) groups excluding carboxylic acids is 2. The molecule has 2 amide bonds. The SMILES string of the molecule is CCOc1ccccc1C(=O)N1CCN(C(=O)C2CCCO2)CC1. The van der Waals surface area contributed by atoms with Gasteiger partial charge in [0.05, 0.1) is 12.2 Å². The first-order valence-corrected chi connectivity index (χ1v) is 8.62. The normalized spacial score (nSPS) is 21.0. The average molecular weight is 332 g/mol. The Bertz CT molecular complexity index is 590. The molecule has 1 aromatic carbocycles. The molecular weight excluding hydrogens is 308 g/mol. The smallest absolute Gasteiger partial charge is 0.257 e. The lowest BCUT2D eigenvalue weighted by atomic mass is 10.1. The van der Waals surface area contributed by atoms with E-state index in [0.29, 0.717) is 50.7 Å². The summed E-state index contributed by atoms with van der Waals surface area (Å²) >= 11 is 0. The van der Waals surface area contributed by atoms with Gasteiger partial charge in [0.2, 0.25) is 0 Å². The number of nitrogens with zero attached hydrogens (tertiary/aromatic N) is 2. The Hall–Kier alpha value is -2.08. The summed E-state index contributed by atoms with van der Waals surface area (Å²) in [5.74, 6) is 0.639. The standard InChI is InChI=1S/C18H24N2O4/c1-2-23-15-7-4-3-6-14(15)17(21)19-9-11-20(12-10-19)18(22)16-8-5-13-24-16/h3-4,6-7,16H,2,5,8-13H2,1H3. The number of para-hydroxylation sites is 1. The van der Waals surface area contributed by atoms with Crippen LogP contribution < -0.4 is 4.74 Å². The van der Waals surface area contributed by atoms with Crippen LogP contribution in [0.1, 0.15) is 30.1 Å². The maximum absolute atomic E-state index is 12.7. The molecule has 0 radical (unpaired) electrons. The molecule has 1 unspecified atom stereocenters. The van der Waals surface area contributed by atoms with Crippen LogP contribution >= 0.6 is 0 Å². The summed E-state index contributed by atoms with van der Waals surface area (Å²) in [6.45, 7) is 5.28. The summed E-state index contributed by atoms with van der Waals surface area (Å²) in [4.78, 5) is 28.7. The second kappa shape index (κ2) is 7.66. The predicted molar refractivity (Wildman–Crippen MR) is 89.1 cm³/mol. The van der Waals surface area contributed by atoms with E-state index >= 15 is 0 Å². The zero-order chi connectivity index (χ0) is 16.9. The molecule has 24 heavy (non-hydrogen) atoms. The molecule has 130 valence electrons. The molecule has 0 aliphatic carbocycles. The van der Waals surface area contributed by atoms with Gasteiger partial charge in [0.15, 0.2) is 0 Å². The number of piperazine rings is 1. The second-order valence-corrected chi connectivity index (χ2v) is 6.05. The van der Waals surface area contributed by atoms with Crippen molar-refractivity contribution in [2.75, 3.05) is 39.4 Å². The highest BCUT2D eigenvalue weighted by Gasteiger charge is 2.31. The van der Waals surface area contributed by atoms with Crippen LogP contribution in [0, 0.1) is 0 Å². The van der Waals surface area contributed by atoms with Gasteiger partial charge in [-0.1, -0.05) is 12.1 Å². The zero-order valence-corrected chi connectivity index (χ0v) is 14.1. The Morgan fingerprint density at radius 3 is 2.54 bits per heavy atom. The highest BCUT2D eigenvalue weighted by molar-refractivity contribution is 5.97. The largest absolute Gasteiger partial charge is 0.493 e. The van der Waals surface area contributed by atoms with Gasteiger partial charge in [-0.05, 0) is 31.9 Å². The summed E-state index contributed by atoms with van der Waals surface area (Å²) in [6, 6.07) is 7.30. The van der Waals surface area contributed by atoms with Crippen LogP contribution in [-0.2, 0) is 9.53 Å². The fraction of sp³-hybridized carbons (Fsp3) is 0.556. The van der Waals surface area contributed by atoms with E-state index in [4.69, 9.17) is 9.47 Å². The number of hydrogen-bond acceptors (Lipinski definition) is 4. The van der Waals surface area contributed by atoms with Crippen molar-refractivity contribution in [3.8, 4) is 5.75 Å². The number of rotatable bonds is 4. The molecule has 0 saturated carbocycles. The van der Waals surface area contributed by atoms with Crippen molar-refractivity contribution < 1.29 is 19.1 Å². The van der Waals surface area contributed by atoms with E-state index < -0.39 is 0 Å². The van der Waals surface area contributed by atoms with Crippen molar-refractivity contribution in [3.63, 3.8) is 0 Å². The second-order valence-electron chi connectivity index (χ2n) is 6.05. The number of benzene rings is 1. The molecule has 2 saturated heterocycles. The summed E-state index contributed by atoms with van der Waals surface area (Å²) < 4.78 is 11.0. The number of amides is 2. The van der Waals surface area contributed by atoms with Crippen LogP contribution in [0.15, 0.2) is 24.3 Å². The van der Waals surface area contributed by atoms with E-state index in [9.17, 15) is 9.59 Å². The Kier molecular flexibility index (Phi) is 5.35. The van der Waals surface area contributed by atoms with Gasteiger partial charge in [-0.2, -0.15) is 0 Å². The van der Waals surface area contributed by atoms with Crippen LogP contribution in [0.3, 0.4) is 0 Å². The minimum atomic E-state index is -0.286. The van der Waals surface area contributed by atoms with E-state index in [1.807, 2.05) is 30.0 Å². The van der Waals surface area contributed by atoms with Crippen molar-refractivity contribution >= 4 is 11.8 Å². The summed E-state index contributed by atoms with van der Waals surface area (Å²) in [5, 5.41) is 0. The van der Waals surface area contributed by atoms with Crippen molar-refractivity contribution in [1.82, 2.24) is 9.80 Å². The van der Waals surface area contributed by atoms with Crippen LogP contribution in [0.5, 0.6) is 5.75 Å². The fourth-order valence-corrected chi connectivity index (χ4v) is 3.20. The minimum Gasteiger partial charge on any atom is -0.493 e. The highest BCUT2D eigenvalue weighted by Crippen LogP contribution is 2.21. The molecule has 2 fully saturated rings. The van der Waals surface area contributed by atoms with E-state index in [1.54, 1.807) is 11.0 Å². The van der Waals surface area contributed by atoms with Crippen LogP contribution in [0.25, 0.3) is 0 Å². The quantitative estimate of drug-likeness (QED) is 0.839.